The number of pyridine rings is 1. The molecule has 2 N–H and O–H groups in total. The third kappa shape index (κ3) is 2.50. The van der Waals surface area contributed by atoms with E-state index >= 15 is 0 Å². The number of ether oxygens (including phenoxy) is 1. The predicted molar refractivity (Wildman–Crippen MR) is 81.0 cm³/mol. The number of aliphatic hydroxyl groups is 1. The van der Waals surface area contributed by atoms with Gasteiger partial charge in [-0.1, -0.05) is 6.92 Å². The summed E-state index contributed by atoms with van der Waals surface area (Å²) in [7, 11) is 0. The number of fused-ring (bicyclic) bond motifs is 1. The lowest BCUT2D eigenvalue weighted by atomic mass is 9.92. The average Bonchev–Trinajstić information content (AvgIpc) is 2.49. The summed E-state index contributed by atoms with van der Waals surface area (Å²) in [6.07, 6.45) is -0.347. The lowest BCUT2D eigenvalue weighted by Crippen LogP contribution is -2.47. The van der Waals surface area contributed by atoms with Gasteiger partial charge in [0.1, 0.15) is 17.7 Å². The molecule has 0 saturated carbocycles. The molecule has 7 heteroatoms. The van der Waals surface area contributed by atoms with Gasteiger partial charge in [-0.05, 0) is 18.1 Å². The Kier molecular flexibility index (Phi) is 3.92. The van der Waals surface area contributed by atoms with Gasteiger partial charge in [-0.15, -0.1) is 0 Å². The van der Waals surface area contributed by atoms with Crippen LogP contribution in [0.5, 0.6) is 5.88 Å². The van der Waals surface area contributed by atoms with Gasteiger partial charge in [0.15, 0.2) is 0 Å². The van der Waals surface area contributed by atoms with Crippen LogP contribution in [0.2, 0.25) is 0 Å². The fraction of sp³-hybridized carbons (Fsp3) is 0.600. The van der Waals surface area contributed by atoms with Gasteiger partial charge in [-0.3, -0.25) is 9.69 Å². The number of carbonyl (C=O) groups excluding carboxylic acids is 1. The van der Waals surface area contributed by atoms with E-state index in [0.29, 0.717) is 31.1 Å². The number of morpholine rings is 1. The molecule has 22 heavy (non-hydrogen) atoms. The predicted octanol–water partition coefficient (Wildman–Crippen LogP) is 0.487. The summed E-state index contributed by atoms with van der Waals surface area (Å²) in [5.74, 6) is 0.0686. The monoisotopic (exact) mass is 307 g/mol. The van der Waals surface area contributed by atoms with Crippen LogP contribution in [0.4, 0.5) is 11.5 Å². The summed E-state index contributed by atoms with van der Waals surface area (Å²) < 4.78 is 5.33. The molecule has 0 unspecified atom stereocenters. The summed E-state index contributed by atoms with van der Waals surface area (Å²) in [6, 6.07) is 1.90. The molecule has 1 aromatic heterocycles. The smallest absolute Gasteiger partial charge is 0.237 e. The number of aromatic nitrogens is 1. The maximum absolute atomic E-state index is 11.9. The van der Waals surface area contributed by atoms with Crippen molar-refractivity contribution in [2.45, 2.75) is 26.5 Å². The second kappa shape index (κ2) is 5.73. The lowest BCUT2D eigenvalue weighted by molar-refractivity contribution is -0.119. The molecule has 3 rings (SSSR count). The Bertz CT molecular complexity index is 586. The third-order valence-electron chi connectivity index (χ3n) is 4.27. The standard InChI is InChI=1S/C15H21N3O4/c1-9-7-11-8-12(17-3-5-22-6-4-17)16-14(20)13(11)18(10(2)19)15(9)21/h8-9,15,21H,3-7H2,1-2H3,(H,16,20)/t9-,15+/m1/s1. The summed E-state index contributed by atoms with van der Waals surface area (Å²) >= 11 is 0. The largest absolute Gasteiger partial charge is 0.492 e. The molecule has 1 amide bonds. The highest BCUT2D eigenvalue weighted by molar-refractivity contribution is 5.95. The molecule has 2 atom stereocenters. The number of aliphatic hydroxyl groups excluding tert-OH is 1. The quantitative estimate of drug-likeness (QED) is 0.785. The van der Waals surface area contributed by atoms with Crippen LogP contribution in [0.1, 0.15) is 19.4 Å². The molecule has 2 aliphatic heterocycles. The van der Waals surface area contributed by atoms with E-state index in [-0.39, 0.29) is 17.7 Å². The van der Waals surface area contributed by atoms with Gasteiger partial charge in [0.25, 0.3) is 0 Å². The van der Waals surface area contributed by atoms with Crippen molar-refractivity contribution >= 4 is 17.4 Å². The van der Waals surface area contributed by atoms with Crippen molar-refractivity contribution in [3.63, 3.8) is 0 Å². The summed E-state index contributed by atoms with van der Waals surface area (Å²) in [6.45, 7) is 5.97. The highest BCUT2D eigenvalue weighted by Gasteiger charge is 2.36. The first-order valence-electron chi connectivity index (χ1n) is 7.52. The topological polar surface area (TPSA) is 86.1 Å². The van der Waals surface area contributed by atoms with E-state index in [1.807, 2.05) is 13.0 Å². The Morgan fingerprint density at radius 1 is 1.41 bits per heavy atom. The van der Waals surface area contributed by atoms with Crippen LogP contribution in [0, 0.1) is 5.92 Å². The second-order valence-corrected chi connectivity index (χ2v) is 5.90. The SMILES string of the molecule is CC(=O)N1c2c(cc(N3CCOCC3)nc2O)C[C@@H](C)[C@@H]1O. The van der Waals surface area contributed by atoms with E-state index in [1.165, 1.54) is 11.8 Å². The molecule has 0 aromatic carbocycles. The van der Waals surface area contributed by atoms with Gasteiger partial charge in [0, 0.05) is 25.9 Å². The van der Waals surface area contributed by atoms with Crippen molar-refractivity contribution in [1.82, 2.24) is 4.98 Å². The van der Waals surface area contributed by atoms with E-state index < -0.39 is 6.23 Å². The van der Waals surface area contributed by atoms with Crippen LogP contribution < -0.4 is 9.80 Å². The van der Waals surface area contributed by atoms with Crippen LogP contribution in [-0.4, -0.2) is 53.6 Å². The average molecular weight is 307 g/mol. The normalized spacial score (nSPS) is 25.0. The minimum Gasteiger partial charge on any atom is -0.492 e. The number of rotatable bonds is 1. The summed E-state index contributed by atoms with van der Waals surface area (Å²) in [4.78, 5) is 19.4. The Labute approximate surface area is 129 Å². The number of aromatic hydroxyl groups is 1. The Morgan fingerprint density at radius 3 is 2.73 bits per heavy atom. The summed E-state index contributed by atoms with van der Waals surface area (Å²) in [5, 5.41) is 20.6. The van der Waals surface area contributed by atoms with Crippen molar-refractivity contribution in [1.29, 1.82) is 0 Å². The molecule has 7 nitrogen and oxygen atoms in total. The fourth-order valence-corrected chi connectivity index (χ4v) is 3.12. The molecule has 3 heterocycles. The first-order chi connectivity index (χ1) is 10.5. The van der Waals surface area contributed by atoms with Crippen molar-refractivity contribution in [3.8, 4) is 5.88 Å². The maximum Gasteiger partial charge on any atom is 0.237 e. The first-order valence-corrected chi connectivity index (χ1v) is 7.52. The minimum absolute atomic E-state index is 0.101. The zero-order valence-electron chi connectivity index (χ0n) is 12.8. The Balaban J connectivity index is 2.03. The molecule has 1 fully saturated rings. The Morgan fingerprint density at radius 2 is 2.09 bits per heavy atom. The maximum atomic E-state index is 11.9. The van der Waals surface area contributed by atoms with Gasteiger partial charge < -0.3 is 19.8 Å². The van der Waals surface area contributed by atoms with E-state index in [2.05, 4.69) is 9.88 Å². The van der Waals surface area contributed by atoms with Crippen LogP contribution in [0.3, 0.4) is 0 Å². The highest BCUT2D eigenvalue weighted by Crippen LogP contribution is 2.40. The molecule has 120 valence electrons. The molecular weight excluding hydrogens is 286 g/mol. The molecule has 0 aliphatic carbocycles. The van der Waals surface area contributed by atoms with Crippen molar-refractivity contribution in [2.24, 2.45) is 5.92 Å². The van der Waals surface area contributed by atoms with E-state index in [4.69, 9.17) is 4.74 Å². The van der Waals surface area contributed by atoms with Crippen LogP contribution >= 0.6 is 0 Å². The molecule has 0 bridgehead atoms. The van der Waals surface area contributed by atoms with Gasteiger partial charge >= 0.3 is 0 Å². The van der Waals surface area contributed by atoms with Crippen molar-refractivity contribution in [2.75, 3.05) is 36.1 Å². The van der Waals surface area contributed by atoms with Crippen LogP contribution in [0.25, 0.3) is 0 Å². The number of anilines is 2. The zero-order chi connectivity index (χ0) is 15.9. The number of nitrogens with zero attached hydrogens (tertiary/aromatic N) is 3. The number of amides is 1. The summed E-state index contributed by atoms with van der Waals surface area (Å²) in [5.41, 5.74) is 1.16. The number of carbonyl (C=O) groups is 1. The molecular formula is C15H21N3O4. The van der Waals surface area contributed by atoms with Crippen molar-refractivity contribution in [3.05, 3.63) is 11.6 Å². The Hall–Kier alpha value is -1.86. The van der Waals surface area contributed by atoms with Gasteiger partial charge in [-0.2, -0.15) is 4.98 Å². The van der Waals surface area contributed by atoms with E-state index in [0.717, 1.165) is 18.7 Å². The van der Waals surface area contributed by atoms with E-state index in [9.17, 15) is 15.0 Å². The molecule has 0 radical (unpaired) electrons. The molecule has 2 aliphatic rings. The van der Waals surface area contributed by atoms with E-state index in [1.54, 1.807) is 0 Å². The van der Waals surface area contributed by atoms with Gasteiger partial charge in [0.2, 0.25) is 11.8 Å². The van der Waals surface area contributed by atoms with Gasteiger partial charge in [0.05, 0.1) is 13.2 Å². The highest BCUT2D eigenvalue weighted by atomic mass is 16.5. The third-order valence-corrected chi connectivity index (χ3v) is 4.27. The number of hydrogen-bond acceptors (Lipinski definition) is 6. The molecule has 1 aromatic rings. The lowest BCUT2D eigenvalue weighted by Gasteiger charge is -2.38. The first kappa shape index (κ1) is 15.1. The van der Waals surface area contributed by atoms with Crippen LogP contribution in [0.15, 0.2) is 6.07 Å². The second-order valence-electron chi connectivity index (χ2n) is 5.90. The molecule has 1 saturated heterocycles. The zero-order valence-corrected chi connectivity index (χ0v) is 12.8. The van der Waals surface area contributed by atoms with Crippen molar-refractivity contribution < 1.29 is 19.7 Å². The van der Waals surface area contributed by atoms with Crippen LogP contribution in [-0.2, 0) is 16.0 Å². The fourth-order valence-electron chi connectivity index (χ4n) is 3.12. The number of hydrogen-bond donors (Lipinski definition) is 2. The van der Waals surface area contributed by atoms with Gasteiger partial charge in [-0.25, -0.2) is 0 Å². The molecule has 0 spiro atoms. The minimum atomic E-state index is -0.938.